The highest BCUT2D eigenvalue weighted by atomic mass is 16.3. The number of hydrogen-bond donors (Lipinski definition) is 3. The predicted molar refractivity (Wildman–Crippen MR) is 119 cm³/mol. The molecule has 6 heteroatoms. The van der Waals surface area contributed by atoms with Gasteiger partial charge in [-0.1, -0.05) is 37.2 Å². The van der Waals surface area contributed by atoms with E-state index < -0.39 is 6.04 Å². The molecule has 0 spiro atoms. The summed E-state index contributed by atoms with van der Waals surface area (Å²) in [6.45, 7) is 4.80. The van der Waals surface area contributed by atoms with E-state index in [2.05, 4.69) is 41.5 Å². The molecule has 1 aliphatic carbocycles. The normalized spacial score (nSPS) is 14.7. The number of phenolic OH excluding ortho intramolecular Hbond substituents is 1. The summed E-state index contributed by atoms with van der Waals surface area (Å²) in [5.74, 6) is -0.0197. The Morgan fingerprint density at radius 3 is 2.37 bits per heavy atom. The zero-order chi connectivity index (χ0) is 21.3. The van der Waals surface area contributed by atoms with Crippen molar-refractivity contribution in [3.8, 4) is 5.75 Å². The van der Waals surface area contributed by atoms with Gasteiger partial charge >= 0.3 is 0 Å². The molecule has 0 fully saturated rings. The van der Waals surface area contributed by atoms with E-state index in [1.54, 1.807) is 12.1 Å². The molecule has 0 radical (unpaired) electrons. The van der Waals surface area contributed by atoms with Crippen molar-refractivity contribution in [2.75, 3.05) is 6.54 Å². The Balaban J connectivity index is 1.52. The fraction of sp³-hybridized carbons (Fsp3) is 0.375. The van der Waals surface area contributed by atoms with Gasteiger partial charge in [-0.05, 0) is 65.6 Å². The minimum absolute atomic E-state index is 0.0197. The molecule has 1 atom stereocenters. The van der Waals surface area contributed by atoms with Crippen LogP contribution in [-0.4, -0.2) is 22.7 Å². The number of benzene rings is 2. The molecule has 3 aromatic rings. The third-order valence-electron chi connectivity index (χ3n) is 6.21. The van der Waals surface area contributed by atoms with E-state index in [0.29, 0.717) is 23.0 Å². The summed E-state index contributed by atoms with van der Waals surface area (Å²) < 4.78 is 0. The number of nitrogens with one attached hydrogen (secondary N) is 2. The Bertz CT molecular complexity index is 1120. The van der Waals surface area contributed by atoms with Crippen molar-refractivity contribution in [1.29, 1.82) is 0 Å². The third-order valence-corrected chi connectivity index (χ3v) is 6.21. The van der Waals surface area contributed by atoms with Crippen LogP contribution in [0.3, 0.4) is 0 Å². The van der Waals surface area contributed by atoms with Crippen LogP contribution in [0.4, 0.5) is 0 Å². The van der Waals surface area contributed by atoms with Crippen LogP contribution in [-0.2, 0) is 25.7 Å². The van der Waals surface area contributed by atoms with E-state index in [4.69, 9.17) is 0 Å². The monoisotopic (exact) mass is 405 g/mol. The summed E-state index contributed by atoms with van der Waals surface area (Å²) in [5, 5.41) is 17.6. The summed E-state index contributed by atoms with van der Waals surface area (Å²) in [5.41, 5.74) is 6.36. The molecule has 4 rings (SSSR count). The summed E-state index contributed by atoms with van der Waals surface area (Å²) in [4.78, 5) is 25.9. The van der Waals surface area contributed by atoms with Gasteiger partial charge in [-0.15, -0.1) is 0 Å². The van der Waals surface area contributed by atoms with Crippen LogP contribution >= 0.6 is 0 Å². The second kappa shape index (κ2) is 8.40. The first kappa shape index (κ1) is 20.3. The SMILES string of the molecule is CCc1cc2c(cc1CC)CC(NCC(N=O)c1ccc(O)c3[nH]c(=O)ccc13)C2. The van der Waals surface area contributed by atoms with Crippen molar-refractivity contribution in [2.24, 2.45) is 5.18 Å². The Labute approximate surface area is 175 Å². The maximum atomic E-state index is 11.7. The lowest BCUT2D eigenvalue weighted by atomic mass is 9.97. The number of hydrogen-bond acceptors (Lipinski definition) is 5. The fourth-order valence-electron chi connectivity index (χ4n) is 4.61. The summed E-state index contributed by atoms with van der Waals surface area (Å²) in [7, 11) is 0. The van der Waals surface area contributed by atoms with E-state index in [9.17, 15) is 14.8 Å². The molecule has 1 heterocycles. The first-order valence-electron chi connectivity index (χ1n) is 10.6. The number of fused-ring (bicyclic) bond motifs is 2. The molecule has 0 aliphatic heterocycles. The molecule has 0 bridgehead atoms. The molecule has 30 heavy (non-hydrogen) atoms. The smallest absolute Gasteiger partial charge is 0.248 e. The van der Waals surface area contributed by atoms with Gasteiger partial charge in [0, 0.05) is 24.0 Å². The van der Waals surface area contributed by atoms with Crippen molar-refractivity contribution in [3.05, 3.63) is 79.5 Å². The molecule has 156 valence electrons. The standard InChI is InChI=1S/C24H27N3O3/c1-3-14-9-16-11-18(12-17(16)10-15(14)4-2)25-13-21(27-30)19-5-7-22(28)24-20(19)6-8-23(29)26-24/h5-10,18,21,25,28H,3-4,11-13H2,1-2H3,(H,26,29). The summed E-state index contributed by atoms with van der Waals surface area (Å²) in [6.07, 6.45) is 3.98. The summed E-state index contributed by atoms with van der Waals surface area (Å²) >= 11 is 0. The number of aryl methyl sites for hydroxylation is 2. The van der Waals surface area contributed by atoms with Gasteiger partial charge in [0.2, 0.25) is 5.56 Å². The largest absolute Gasteiger partial charge is 0.506 e. The van der Waals surface area contributed by atoms with Crippen LogP contribution in [0.5, 0.6) is 5.75 Å². The number of nitrogens with zero attached hydrogens (tertiary/aromatic N) is 1. The highest BCUT2D eigenvalue weighted by Crippen LogP contribution is 2.31. The topological polar surface area (TPSA) is 94.5 Å². The number of phenols is 1. The van der Waals surface area contributed by atoms with Gasteiger partial charge in [0.1, 0.15) is 11.8 Å². The number of aromatic amines is 1. The molecule has 3 N–H and O–H groups in total. The fourth-order valence-corrected chi connectivity index (χ4v) is 4.61. The van der Waals surface area contributed by atoms with E-state index in [1.807, 2.05) is 0 Å². The number of aromatic hydroxyl groups is 1. The van der Waals surface area contributed by atoms with Crippen LogP contribution in [0.1, 0.15) is 47.7 Å². The lowest BCUT2D eigenvalue weighted by Crippen LogP contribution is -2.32. The van der Waals surface area contributed by atoms with Crippen molar-refractivity contribution < 1.29 is 5.11 Å². The first-order valence-corrected chi connectivity index (χ1v) is 10.6. The molecule has 0 saturated heterocycles. The number of nitroso groups, excluding NO2 is 1. The van der Waals surface area contributed by atoms with Crippen molar-refractivity contribution in [3.63, 3.8) is 0 Å². The number of rotatable bonds is 7. The molecule has 1 aliphatic rings. The van der Waals surface area contributed by atoms with Crippen LogP contribution in [0.15, 0.2) is 46.4 Å². The first-order chi connectivity index (χ1) is 14.5. The van der Waals surface area contributed by atoms with Crippen molar-refractivity contribution in [1.82, 2.24) is 10.3 Å². The van der Waals surface area contributed by atoms with Gasteiger partial charge in [-0.2, -0.15) is 4.91 Å². The molecule has 2 aromatic carbocycles. The minimum Gasteiger partial charge on any atom is -0.506 e. The Kier molecular flexibility index (Phi) is 5.68. The molecule has 1 aromatic heterocycles. The molecule has 1 unspecified atom stereocenters. The molecular weight excluding hydrogens is 378 g/mol. The van der Waals surface area contributed by atoms with Crippen LogP contribution < -0.4 is 10.9 Å². The number of pyridine rings is 1. The maximum Gasteiger partial charge on any atom is 0.248 e. The van der Waals surface area contributed by atoms with Crippen molar-refractivity contribution >= 4 is 10.9 Å². The van der Waals surface area contributed by atoms with Gasteiger partial charge in [-0.25, -0.2) is 0 Å². The minimum atomic E-state index is -0.611. The molecule has 6 nitrogen and oxygen atoms in total. The van der Waals surface area contributed by atoms with Gasteiger partial charge in [0.15, 0.2) is 0 Å². The van der Waals surface area contributed by atoms with E-state index in [-0.39, 0.29) is 17.4 Å². The van der Waals surface area contributed by atoms with Crippen LogP contribution in [0.2, 0.25) is 0 Å². The number of aromatic nitrogens is 1. The van der Waals surface area contributed by atoms with Crippen LogP contribution in [0.25, 0.3) is 10.9 Å². The molecule has 0 saturated carbocycles. The predicted octanol–water partition coefficient (Wildman–Crippen LogP) is 3.92. The quantitative estimate of drug-likeness (QED) is 0.519. The second-order valence-corrected chi connectivity index (χ2v) is 8.02. The molecular formula is C24H27N3O3. The second-order valence-electron chi connectivity index (χ2n) is 8.02. The highest BCUT2D eigenvalue weighted by Gasteiger charge is 2.24. The Morgan fingerprint density at radius 2 is 1.77 bits per heavy atom. The van der Waals surface area contributed by atoms with E-state index in [1.165, 1.54) is 34.4 Å². The van der Waals surface area contributed by atoms with Crippen LogP contribution in [0, 0.1) is 4.91 Å². The average Bonchev–Trinajstić information content (AvgIpc) is 3.16. The number of H-pyrrole nitrogens is 1. The Hall–Kier alpha value is -2.99. The van der Waals surface area contributed by atoms with Gasteiger partial charge in [0.05, 0.1) is 5.52 Å². The lowest BCUT2D eigenvalue weighted by Gasteiger charge is -2.17. The Morgan fingerprint density at radius 1 is 1.10 bits per heavy atom. The van der Waals surface area contributed by atoms with E-state index >= 15 is 0 Å². The highest BCUT2D eigenvalue weighted by molar-refractivity contribution is 5.87. The van der Waals surface area contributed by atoms with Crippen molar-refractivity contribution in [2.45, 2.75) is 51.6 Å². The zero-order valence-electron chi connectivity index (χ0n) is 17.4. The third kappa shape index (κ3) is 3.75. The van der Waals surface area contributed by atoms with E-state index in [0.717, 1.165) is 25.7 Å². The lowest BCUT2D eigenvalue weighted by molar-refractivity contribution is 0.479. The molecule has 0 amide bonds. The maximum absolute atomic E-state index is 11.7. The zero-order valence-corrected chi connectivity index (χ0v) is 17.4. The van der Waals surface area contributed by atoms with Gasteiger partial charge in [0.25, 0.3) is 0 Å². The average molecular weight is 405 g/mol. The van der Waals surface area contributed by atoms with Gasteiger partial charge < -0.3 is 15.4 Å². The van der Waals surface area contributed by atoms with Gasteiger partial charge in [-0.3, -0.25) is 4.79 Å². The summed E-state index contributed by atoms with van der Waals surface area (Å²) in [6, 6.07) is 10.6.